The van der Waals surface area contributed by atoms with Crippen LogP contribution in [0.25, 0.3) is 0 Å². The molecule has 0 aromatic heterocycles. The van der Waals surface area contributed by atoms with Gasteiger partial charge in [-0.25, -0.2) is 0 Å². The van der Waals surface area contributed by atoms with Crippen molar-refractivity contribution < 1.29 is 4.79 Å². The highest BCUT2D eigenvalue weighted by Crippen LogP contribution is 2.32. The number of rotatable bonds is 6. The summed E-state index contributed by atoms with van der Waals surface area (Å²) in [4.78, 5) is 12.6. The molecular weight excluding hydrogens is 188 g/mol. The Hall–Kier alpha value is -0.570. The maximum absolute atomic E-state index is 10.7. The molecule has 0 heterocycles. The molecule has 0 aromatic carbocycles. The number of carbonyl (C=O) groups excluding carboxylic acids is 1. The lowest BCUT2D eigenvalue weighted by molar-refractivity contribution is -0.119. The van der Waals surface area contributed by atoms with E-state index in [-0.39, 0.29) is 0 Å². The predicted molar refractivity (Wildman–Crippen MR) is 62.7 cm³/mol. The summed E-state index contributed by atoms with van der Waals surface area (Å²) in [5, 5.41) is 3.26. The van der Waals surface area contributed by atoms with E-state index in [2.05, 4.69) is 12.2 Å². The summed E-state index contributed by atoms with van der Waals surface area (Å²) in [6.45, 7) is 2.22. The number of hydrogen-bond acceptors (Lipinski definition) is 2. The van der Waals surface area contributed by atoms with Crippen LogP contribution < -0.4 is 5.32 Å². The molecule has 1 fully saturated rings. The Balaban J connectivity index is 2.36. The molecule has 3 atom stereocenters. The third kappa shape index (κ3) is 3.49. The van der Waals surface area contributed by atoms with Crippen molar-refractivity contribution in [3.8, 4) is 0 Å². The standard InChI is InChI=1S/C12H24N2O/c1-10(13-2)7-8-11-5-4-6-12(11)14(3)9-15/h9-13H,4-8H2,1-3H3. The lowest BCUT2D eigenvalue weighted by atomic mass is 9.95. The first-order chi connectivity index (χ1) is 7.19. The Morgan fingerprint density at radius 3 is 2.87 bits per heavy atom. The molecule has 0 radical (unpaired) electrons. The van der Waals surface area contributed by atoms with Gasteiger partial charge in [0.1, 0.15) is 0 Å². The molecule has 0 aromatic rings. The third-order valence-corrected chi connectivity index (χ3v) is 3.77. The van der Waals surface area contributed by atoms with Crippen molar-refractivity contribution in [2.45, 2.75) is 51.1 Å². The Kier molecular flexibility index (Phi) is 5.09. The Bertz CT molecular complexity index is 196. The first-order valence-corrected chi connectivity index (χ1v) is 6.03. The highest BCUT2D eigenvalue weighted by molar-refractivity contribution is 5.47. The molecule has 88 valence electrons. The van der Waals surface area contributed by atoms with E-state index in [9.17, 15) is 4.79 Å². The van der Waals surface area contributed by atoms with Gasteiger partial charge in [0.2, 0.25) is 6.41 Å². The fraction of sp³-hybridized carbons (Fsp3) is 0.917. The SMILES string of the molecule is CNC(C)CCC1CCCC1N(C)C=O. The first kappa shape index (κ1) is 12.5. The second-order valence-electron chi connectivity index (χ2n) is 4.80. The molecular formula is C12H24N2O. The molecule has 1 amide bonds. The highest BCUT2D eigenvalue weighted by atomic mass is 16.1. The van der Waals surface area contributed by atoms with E-state index in [1.54, 1.807) is 0 Å². The molecule has 3 nitrogen and oxygen atoms in total. The Labute approximate surface area is 93.2 Å². The largest absolute Gasteiger partial charge is 0.345 e. The summed E-state index contributed by atoms with van der Waals surface area (Å²) >= 11 is 0. The Morgan fingerprint density at radius 2 is 2.27 bits per heavy atom. The van der Waals surface area contributed by atoms with Crippen LogP contribution in [0, 0.1) is 5.92 Å². The average molecular weight is 212 g/mol. The minimum Gasteiger partial charge on any atom is -0.345 e. The average Bonchev–Trinajstić information content (AvgIpc) is 2.72. The van der Waals surface area contributed by atoms with Gasteiger partial charge in [0.15, 0.2) is 0 Å². The van der Waals surface area contributed by atoms with Crippen molar-refractivity contribution in [1.29, 1.82) is 0 Å². The highest BCUT2D eigenvalue weighted by Gasteiger charge is 2.29. The molecule has 0 spiro atoms. The van der Waals surface area contributed by atoms with Gasteiger partial charge in [-0.15, -0.1) is 0 Å². The number of carbonyl (C=O) groups is 1. The van der Waals surface area contributed by atoms with E-state index in [1.807, 2.05) is 19.0 Å². The van der Waals surface area contributed by atoms with Crippen LogP contribution in [0.1, 0.15) is 39.0 Å². The normalized spacial score (nSPS) is 27.7. The Morgan fingerprint density at radius 1 is 1.53 bits per heavy atom. The molecule has 1 saturated carbocycles. The summed E-state index contributed by atoms with van der Waals surface area (Å²) in [5.74, 6) is 0.719. The van der Waals surface area contributed by atoms with Gasteiger partial charge in [0.05, 0.1) is 0 Å². The monoisotopic (exact) mass is 212 g/mol. The molecule has 15 heavy (non-hydrogen) atoms. The molecule has 1 N–H and O–H groups in total. The maximum Gasteiger partial charge on any atom is 0.209 e. The van der Waals surface area contributed by atoms with Crippen LogP contribution in [0.15, 0.2) is 0 Å². The number of hydrogen-bond donors (Lipinski definition) is 1. The second kappa shape index (κ2) is 6.11. The van der Waals surface area contributed by atoms with Gasteiger partial charge >= 0.3 is 0 Å². The van der Waals surface area contributed by atoms with Gasteiger partial charge < -0.3 is 10.2 Å². The van der Waals surface area contributed by atoms with Crippen molar-refractivity contribution in [3.05, 3.63) is 0 Å². The molecule has 1 aliphatic carbocycles. The number of nitrogens with one attached hydrogen (secondary N) is 1. The van der Waals surface area contributed by atoms with Crippen LogP contribution in [0.2, 0.25) is 0 Å². The van der Waals surface area contributed by atoms with Gasteiger partial charge in [-0.2, -0.15) is 0 Å². The van der Waals surface area contributed by atoms with E-state index in [0.29, 0.717) is 12.1 Å². The molecule has 0 bridgehead atoms. The fourth-order valence-corrected chi connectivity index (χ4v) is 2.58. The van der Waals surface area contributed by atoms with E-state index in [4.69, 9.17) is 0 Å². The molecule has 3 unspecified atom stereocenters. The van der Waals surface area contributed by atoms with E-state index < -0.39 is 0 Å². The summed E-state index contributed by atoms with van der Waals surface area (Å²) in [7, 11) is 3.92. The minimum atomic E-state index is 0.492. The van der Waals surface area contributed by atoms with E-state index in [1.165, 1.54) is 32.1 Å². The lowest BCUT2D eigenvalue weighted by Gasteiger charge is -2.27. The van der Waals surface area contributed by atoms with E-state index >= 15 is 0 Å². The zero-order chi connectivity index (χ0) is 11.3. The summed E-state index contributed by atoms with van der Waals surface area (Å²) < 4.78 is 0. The number of amides is 1. The molecule has 1 rings (SSSR count). The van der Waals surface area contributed by atoms with Crippen molar-refractivity contribution in [1.82, 2.24) is 10.2 Å². The number of nitrogens with zero attached hydrogens (tertiary/aromatic N) is 1. The maximum atomic E-state index is 10.7. The summed E-state index contributed by atoms with van der Waals surface area (Å²) in [6, 6.07) is 1.08. The zero-order valence-electron chi connectivity index (χ0n) is 10.2. The van der Waals surface area contributed by atoms with Crippen molar-refractivity contribution in [2.24, 2.45) is 5.92 Å². The van der Waals surface area contributed by atoms with Gasteiger partial charge in [0.25, 0.3) is 0 Å². The van der Waals surface area contributed by atoms with Crippen molar-refractivity contribution >= 4 is 6.41 Å². The van der Waals surface area contributed by atoms with Gasteiger partial charge in [0, 0.05) is 19.1 Å². The van der Waals surface area contributed by atoms with Crippen molar-refractivity contribution in [2.75, 3.05) is 14.1 Å². The molecule has 3 heteroatoms. The molecule has 0 saturated heterocycles. The first-order valence-electron chi connectivity index (χ1n) is 6.03. The summed E-state index contributed by atoms with van der Waals surface area (Å²) in [6.07, 6.45) is 7.19. The minimum absolute atomic E-state index is 0.492. The van der Waals surface area contributed by atoms with Gasteiger partial charge in [-0.05, 0) is 45.6 Å². The molecule has 0 aliphatic heterocycles. The fourth-order valence-electron chi connectivity index (χ4n) is 2.58. The summed E-state index contributed by atoms with van der Waals surface area (Å²) in [5.41, 5.74) is 0. The van der Waals surface area contributed by atoms with Gasteiger partial charge in [-0.1, -0.05) is 6.42 Å². The van der Waals surface area contributed by atoms with Crippen LogP contribution in [0.3, 0.4) is 0 Å². The topological polar surface area (TPSA) is 32.3 Å². The van der Waals surface area contributed by atoms with Crippen LogP contribution >= 0.6 is 0 Å². The predicted octanol–water partition coefficient (Wildman–Crippen LogP) is 1.63. The smallest absolute Gasteiger partial charge is 0.209 e. The van der Waals surface area contributed by atoms with Crippen LogP contribution in [-0.4, -0.2) is 37.5 Å². The molecule has 1 aliphatic rings. The quantitative estimate of drug-likeness (QED) is 0.679. The van der Waals surface area contributed by atoms with Crippen LogP contribution in [0.4, 0.5) is 0 Å². The van der Waals surface area contributed by atoms with Crippen molar-refractivity contribution in [3.63, 3.8) is 0 Å². The van der Waals surface area contributed by atoms with Gasteiger partial charge in [-0.3, -0.25) is 4.79 Å². The second-order valence-corrected chi connectivity index (χ2v) is 4.80. The lowest BCUT2D eigenvalue weighted by Crippen LogP contribution is -2.34. The van der Waals surface area contributed by atoms with E-state index in [0.717, 1.165) is 12.3 Å². The third-order valence-electron chi connectivity index (χ3n) is 3.77. The zero-order valence-corrected chi connectivity index (χ0v) is 10.2. The van der Waals surface area contributed by atoms with Crippen LogP contribution in [0.5, 0.6) is 0 Å². The van der Waals surface area contributed by atoms with Crippen LogP contribution in [-0.2, 0) is 4.79 Å².